The number of amides is 4. The van der Waals surface area contributed by atoms with Crippen LogP contribution in [0.25, 0.3) is 0 Å². The highest BCUT2D eigenvalue weighted by molar-refractivity contribution is 6.24. The van der Waals surface area contributed by atoms with Gasteiger partial charge < -0.3 is 0 Å². The van der Waals surface area contributed by atoms with Crippen molar-refractivity contribution in [3.8, 4) is 0 Å². The molecule has 8 heteroatoms. The molecule has 4 heterocycles. The third-order valence-electron chi connectivity index (χ3n) is 8.10. The van der Waals surface area contributed by atoms with Gasteiger partial charge in [0.25, 0.3) is 0 Å². The number of nitrogens with zero attached hydrogens (tertiary/aromatic N) is 4. The van der Waals surface area contributed by atoms with Crippen molar-refractivity contribution in [1.29, 1.82) is 0 Å². The lowest BCUT2D eigenvalue weighted by atomic mass is 9.40. The minimum atomic E-state index is -0.506. The maximum atomic E-state index is 13.4. The molecule has 0 spiro atoms. The van der Waals surface area contributed by atoms with Gasteiger partial charge in [-0.05, 0) is 47.9 Å². The summed E-state index contributed by atoms with van der Waals surface area (Å²) in [4.78, 5) is 64.2. The molecule has 2 saturated carbocycles. The van der Waals surface area contributed by atoms with Gasteiger partial charge in [-0.1, -0.05) is 24.3 Å². The molecule has 0 N–H and O–H groups in total. The standard InChI is InChI=1S/C24H18N4O4/c29-21-17-11-7-8-12(18(17)22(30)27(21)13-5-1-3-9-25-13)16-15(11)19-20(16)24(32)28(23(19)31)14-6-2-4-10-26-14/h1-12,15-20H/t11-,12-,15-,16-,17-,18+,19-,20+/m0/s1. The molecule has 32 heavy (non-hydrogen) atoms. The van der Waals surface area contributed by atoms with E-state index < -0.39 is 23.7 Å². The molecule has 8 rings (SSSR count). The summed E-state index contributed by atoms with van der Waals surface area (Å²) in [6.45, 7) is 0. The van der Waals surface area contributed by atoms with E-state index in [1.165, 1.54) is 9.80 Å². The molecule has 158 valence electrons. The number of aromatic nitrogens is 2. The molecule has 2 saturated heterocycles. The molecule has 2 aliphatic heterocycles. The van der Waals surface area contributed by atoms with Crippen molar-refractivity contribution < 1.29 is 19.2 Å². The van der Waals surface area contributed by atoms with Crippen molar-refractivity contribution in [2.24, 2.45) is 47.3 Å². The highest BCUT2D eigenvalue weighted by Crippen LogP contribution is 2.68. The van der Waals surface area contributed by atoms with Crippen LogP contribution in [-0.4, -0.2) is 33.6 Å². The normalized spacial score (nSPS) is 38.6. The topological polar surface area (TPSA) is 101 Å². The van der Waals surface area contributed by atoms with Crippen LogP contribution in [0.15, 0.2) is 60.9 Å². The SMILES string of the molecule is O=C1[C@@H]2[C@H]3C=C[C@H]([C@@H]2C(=O)N1c1ccccn1)[C@@H]1[C@@H]2C(=O)N(c4ccccn4)C(=O)[C@@H]2[C@@H]31. The van der Waals surface area contributed by atoms with Crippen molar-refractivity contribution in [3.63, 3.8) is 0 Å². The van der Waals surface area contributed by atoms with E-state index in [0.717, 1.165) is 0 Å². The summed E-state index contributed by atoms with van der Waals surface area (Å²) in [5, 5.41) is 0. The van der Waals surface area contributed by atoms with Crippen molar-refractivity contribution in [2.45, 2.75) is 0 Å². The van der Waals surface area contributed by atoms with E-state index in [-0.39, 0.29) is 47.3 Å². The van der Waals surface area contributed by atoms with Crippen molar-refractivity contribution in [2.75, 3.05) is 9.80 Å². The van der Waals surface area contributed by atoms with E-state index >= 15 is 0 Å². The molecule has 6 aliphatic rings. The molecule has 8 atom stereocenters. The molecule has 0 radical (unpaired) electrons. The lowest BCUT2D eigenvalue weighted by molar-refractivity contribution is -0.166. The van der Waals surface area contributed by atoms with Crippen LogP contribution in [0, 0.1) is 47.3 Å². The van der Waals surface area contributed by atoms with Crippen LogP contribution in [0.1, 0.15) is 0 Å². The Kier molecular flexibility index (Phi) is 3.35. The smallest absolute Gasteiger partial charge is 0.239 e. The predicted octanol–water partition coefficient (Wildman–Crippen LogP) is 1.45. The summed E-state index contributed by atoms with van der Waals surface area (Å²) in [6.07, 6.45) is 7.11. The largest absolute Gasteiger partial charge is 0.274 e. The number of imide groups is 2. The number of anilines is 2. The zero-order valence-electron chi connectivity index (χ0n) is 16.8. The van der Waals surface area contributed by atoms with Gasteiger partial charge in [0.15, 0.2) is 0 Å². The minimum absolute atomic E-state index is 0.109. The molecule has 2 aromatic heterocycles. The molecule has 2 aromatic rings. The second-order valence-corrected chi connectivity index (χ2v) is 9.20. The summed E-state index contributed by atoms with van der Waals surface area (Å²) < 4.78 is 0. The fraction of sp³-hybridized carbons (Fsp3) is 0.333. The predicted molar refractivity (Wildman–Crippen MR) is 111 cm³/mol. The number of carbonyl (C=O) groups is 4. The lowest BCUT2D eigenvalue weighted by Gasteiger charge is -2.60. The van der Waals surface area contributed by atoms with E-state index in [2.05, 4.69) is 9.97 Å². The molecule has 2 bridgehead atoms. The Morgan fingerprint density at radius 3 is 1.34 bits per heavy atom. The summed E-state index contributed by atoms with van der Waals surface area (Å²) in [5.41, 5.74) is 0. The van der Waals surface area contributed by atoms with Crippen LogP contribution < -0.4 is 9.80 Å². The van der Waals surface area contributed by atoms with Gasteiger partial charge in [0, 0.05) is 12.4 Å². The minimum Gasteiger partial charge on any atom is -0.274 e. The first-order chi connectivity index (χ1) is 15.6. The highest BCUT2D eigenvalue weighted by atomic mass is 16.2. The van der Waals surface area contributed by atoms with Crippen LogP contribution in [0.2, 0.25) is 0 Å². The summed E-state index contributed by atoms with van der Waals surface area (Å²) in [7, 11) is 0. The monoisotopic (exact) mass is 426 g/mol. The van der Waals surface area contributed by atoms with Gasteiger partial charge in [0.2, 0.25) is 23.6 Å². The average molecular weight is 426 g/mol. The van der Waals surface area contributed by atoms with E-state index in [9.17, 15) is 19.2 Å². The molecule has 0 aromatic carbocycles. The van der Waals surface area contributed by atoms with Gasteiger partial charge in [0.05, 0.1) is 23.7 Å². The first-order valence-electron chi connectivity index (χ1n) is 10.9. The first-order valence-corrected chi connectivity index (χ1v) is 10.9. The van der Waals surface area contributed by atoms with Crippen LogP contribution in [0.4, 0.5) is 11.6 Å². The third kappa shape index (κ3) is 1.94. The summed E-state index contributed by atoms with van der Waals surface area (Å²) in [5.74, 6) is -2.93. The number of pyridine rings is 2. The Bertz CT molecular complexity index is 1170. The Hall–Kier alpha value is -3.68. The maximum absolute atomic E-state index is 13.4. The molecular formula is C24H18N4O4. The van der Waals surface area contributed by atoms with Crippen molar-refractivity contribution in [1.82, 2.24) is 9.97 Å². The van der Waals surface area contributed by atoms with Gasteiger partial charge in [0.1, 0.15) is 11.6 Å². The number of hydrogen-bond donors (Lipinski definition) is 0. The van der Waals surface area contributed by atoms with Crippen molar-refractivity contribution in [3.05, 3.63) is 60.9 Å². The Balaban J connectivity index is 1.27. The van der Waals surface area contributed by atoms with E-state index in [0.29, 0.717) is 11.6 Å². The summed E-state index contributed by atoms with van der Waals surface area (Å²) >= 11 is 0. The maximum Gasteiger partial charge on any atom is 0.239 e. The zero-order valence-corrected chi connectivity index (χ0v) is 16.8. The average Bonchev–Trinajstić information content (AvgIpc) is 3.19. The number of carbonyl (C=O) groups excluding carboxylic acids is 4. The fourth-order valence-corrected chi connectivity index (χ4v) is 7.02. The van der Waals surface area contributed by atoms with Gasteiger partial charge in [-0.15, -0.1) is 0 Å². The van der Waals surface area contributed by atoms with Gasteiger partial charge >= 0.3 is 0 Å². The van der Waals surface area contributed by atoms with Crippen LogP contribution >= 0.6 is 0 Å². The summed E-state index contributed by atoms with van der Waals surface area (Å²) in [6, 6.07) is 10.3. The number of rotatable bonds is 2. The first kappa shape index (κ1) is 17.9. The van der Waals surface area contributed by atoms with Gasteiger partial charge in [-0.25, -0.2) is 19.8 Å². The molecule has 8 nitrogen and oxygen atoms in total. The number of hydrogen-bond acceptors (Lipinski definition) is 6. The van der Waals surface area contributed by atoms with Crippen LogP contribution in [0.3, 0.4) is 0 Å². The zero-order chi connectivity index (χ0) is 21.7. The third-order valence-corrected chi connectivity index (χ3v) is 8.10. The Morgan fingerprint density at radius 2 is 0.969 bits per heavy atom. The van der Waals surface area contributed by atoms with E-state index in [4.69, 9.17) is 0 Å². The van der Waals surface area contributed by atoms with E-state index in [1.807, 2.05) is 12.2 Å². The van der Waals surface area contributed by atoms with E-state index in [1.54, 1.807) is 48.8 Å². The molecular weight excluding hydrogens is 408 g/mol. The number of fused-ring (bicyclic) bond motifs is 1. The second-order valence-electron chi connectivity index (χ2n) is 9.20. The molecule has 4 fully saturated rings. The lowest BCUT2D eigenvalue weighted by Crippen LogP contribution is -2.63. The van der Waals surface area contributed by atoms with Gasteiger partial charge in [-0.3, -0.25) is 19.2 Å². The number of allylic oxidation sites excluding steroid dienone is 2. The fourth-order valence-electron chi connectivity index (χ4n) is 7.02. The Morgan fingerprint density at radius 1 is 0.562 bits per heavy atom. The van der Waals surface area contributed by atoms with Crippen LogP contribution in [-0.2, 0) is 19.2 Å². The molecule has 0 unspecified atom stereocenters. The Labute approximate surface area is 182 Å². The molecule has 4 aliphatic carbocycles. The van der Waals surface area contributed by atoms with Crippen LogP contribution in [0.5, 0.6) is 0 Å². The quantitative estimate of drug-likeness (QED) is 0.532. The van der Waals surface area contributed by atoms with Crippen molar-refractivity contribution >= 4 is 35.3 Å². The van der Waals surface area contributed by atoms with Gasteiger partial charge in [-0.2, -0.15) is 0 Å². The second kappa shape index (κ2) is 5.97. The highest BCUT2D eigenvalue weighted by Gasteiger charge is 2.75. The molecule has 4 amide bonds.